The number of ether oxygens (including phenoxy) is 1. The molecule has 1 atom stereocenters. The summed E-state index contributed by atoms with van der Waals surface area (Å²) in [4.78, 5) is 0. The first-order chi connectivity index (χ1) is 9.95. The van der Waals surface area contributed by atoms with E-state index >= 15 is 0 Å². The quantitative estimate of drug-likeness (QED) is 0.813. The van der Waals surface area contributed by atoms with E-state index in [4.69, 9.17) is 11.6 Å². The molecule has 2 nitrogen and oxygen atoms in total. The Morgan fingerprint density at radius 3 is 2.33 bits per heavy atom. The maximum atomic E-state index is 13.0. The van der Waals surface area contributed by atoms with E-state index < -0.39 is 12.4 Å². The van der Waals surface area contributed by atoms with Crippen LogP contribution in [0.15, 0.2) is 42.5 Å². The second-order valence-electron chi connectivity index (χ2n) is 4.44. The van der Waals surface area contributed by atoms with Gasteiger partial charge in [-0.1, -0.05) is 23.7 Å². The van der Waals surface area contributed by atoms with Crippen LogP contribution in [0.2, 0.25) is 5.02 Å². The lowest BCUT2D eigenvalue weighted by Crippen LogP contribution is -2.07. The summed E-state index contributed by atoms with van der Waals surface area (Å²) >= 11 is 5.94. The fraction of sp³-hybridized carbons (Fsp3) is 0.200. The lowest BCUT2D eigenvalue weighted by molar-refractivity contribution is -0.0498. The van der Waals surface area contributed by atoms with Crippen LogP contribution in [0.3, 0.4) is 0 Å². The molecule has 1 unspecified atom stereocenters. The van der Waals surface area contributed by atoms with Crippen LogP contribution in [-0.2, 0) is 0 Å². The second kappa shape index (κ2) is 6.72. The predicted octanol–water partition coefficient (Wildman–Crippen LogP) is 5.25. The summed E-state index contributed by atoms with van der Waals surface area (Å²) < 4.78 is 41.4. The van der Waals surface area contributed by atoms with Gasteiger partial charge in [0.2, 0.25) is 0 Å². The van der Waals surface area contributed by atoms with Gasteiger partial charge in [0, 0.05) is 6.04 Å². The van der Waals surface area contributed by atoms with Crippen molar-refractivity contribution >= 4 is 17.3 Å². The molecule has 0 spiro atoms. The number of hydrogen-bond acceptors (Lipinski definition) is 2. The minimum absolute atomic E-state index is 0.0979. The van der Waals surface area contributed by atoms with Gasteiger partial charge in [0.15, 0.2) is 0 Å². The van der Waals surface area contributed by atoms with E-state index in [2.05, 4.69) is 10.1 Å². The van der Waals surface area contributed by atoms with E-state index in [0.29, 0.717) is 5.69 Å². The molecule has 0 saturated heterocycles. The lowest BCUT2D eigenvalue weighted by atomic mass is 10.1. The Morgan fingerprint density at radius 2 is 1.76 bits per heavy atom. The van der Waals surface area contributed by atoms with E-state index in [-0.39, 0.29) is 16.8 Å². The fourth-order valence-electron chi connectivity index (χ4n) is 1.86. The molecule has 0 fully saturated rings. The van der Waals surface area contributed by atoms with Gasteiger partial charge in [-0.05, 0) is 42.8 Å². The Labute approximate surface area is 125 Å². The number of rotatable bonds is 5. The van der Waals surface area contributed by atoms with Gasteiger partial charge in [-0.15, -0.1) is 0 Å². The smallest absolute Gasteiger partial charge is 0.387 e. The summed E-state index contributed by atoms with van der Waals surface area (Å²) in [5.74, 6) is -0.313. The van der Waals surface area contributed by atoms with Crippen LogP contribution >= 0.6 is 11.6 Å². The van der Waals surface area contributed by atoms with Gasteiger partial charge >= 0.3 is 6.61 Å². The highest BCUT2D eigenvalue weighted by Gasteiger charge is 2.10. The van der Waals surface area contributed by atoms with Gasteiger partial charge in [0.05, 0.1) is 10.7 Å². The maximum Gasteiger partial charge on any atom is 0.387 e. The van der Waals surface area contributed by atoms with Crippen molar-refractivity contribution in [3.8, 4) is 5.75 Å². The summed E-state index contributed by atoms with van der Waals surface area (Å²) in [5, 5.41) is 3.40. The molecule has 2 aromatic carbocycles. The third-order valence-electron chi connectivity index (χ3n) is 2.91. The SMILES string of the molecule is CC(Nc1ccc(F)cc1Cl)c1ccc(OC(F)F)cc1. The normalized spacial score (nSPS) is 12.3. The highest BCUT2D eigenvalue weighted by molar-refractivity contribution is 6.33. The first-order valence-electron chi connectivity index (χ1n) is 6.22. The topological polar surface area (TPSA) is 21.3 Å². The highest BCUT2D eigenvalue weighted by Crippen LogP contribution is 2.27. The summed E-state index contributed by atoms with van der Waals surface area (Å²) in [5.41, 5.74) is 1.45. The number of hydrogen-bond donors (Lipinski definition) is 1. The van der Waals surface area contributed by atoms with Crippen molar-refractivity contribution in [3.63, 3.8) is 0 Å². The van der Waals surface area contributed by atoms with Crippen molar-refractivity contribution < 1.29 is 17.9 Å². The van der Waals surface area contributed by atoms with E-state index in [1.807, 2.05) is 6.92 Å². The number of nitrogens with one attached hydrogen (secondary N) is 1. The Bertz CT molecular complexity index is 604. The third kappa shape index (κ3) is 4.29. The molecule has 0 heterocycles. The number of alkyl halides is 2. The number of anilines is 1. The molecular weight excluding hydrogens is 303 g/mol. The highest BCUT2D eigenvalue weighted by atomic mass is 35.5. The van der Waals surface area contributed by atoms with Gasteiger partial charge in [0.1, 0.15) is 11.6 Å². The van der Waals surface area contributed by atoms with Gasteiger partial charge in [-0.2, -0.15) is 8.78 Å². The molecular formula is C15H13ClF3NO. The van der Waals surface area contributed by atoms with Crippen LogP contribution in [0.25, 0.3) is 0 Å². The summed E-state index contributed by atoms with van der Waals surface area (Å²) in [6, 6.07) is 10.2. The monoisotopic (exact) mass is 315 g/mol. The molecule has 2 rings (SSSR count). The van der Waals surface area contributed by atoms with Crippen LogP contribution in [0.1, 0.15) is 18.5 Å². The fourth-order valence-corrected chi connectivity index (χ4v) is 2.08. The Balaban J connectivity index is 2.07. The lowest BCUT2D eigenvalue weighted by Gasteiger charge is -2.17. The average Bonchev–Trinajstić information content (AvgIpc) is 2.42. The summed E-state index contributed by atoms with van der Waals surface area (Å²) in [6.45, 7) is -0.965. The molecule has 0 saturated carbocycles. The van der Waals surface area contributed by atoms with Gasteiger partial charge in [-0.3, -0.25) is 0 Å². The van der Waals surface area contributed by atoms with E-state index in [1.54, 1.807) is 18.2 Å². The molecule has 0 aromatic heterocycles. The van der Waals surface area contributed by atoms with E-state index in [0.717, 1.165) is 5.56 Å². The van der Waals surface area contributed by atoms with Gasteiger partial charge < -0.3 is 10.1 Å². The number of halogens is 4. The van der Waals surface area contributed by atoms with Crippen LogP contribution < -0.4 is 10.1 Å². The minimum atomic E-state index is -2.84. The van der Waals surface area contributed by atoms with E-state index in [1.165, 1.54) is 24.3 Å². The third-order valence-corrected chi connectivity index (χ3v) is 3.22. The molecule has 0 aliphatic carbocycles. The van der Waals surface area contributed by atoms with Crippen molar-refractivity contribution in [1.29, 1.82) is 0 Å². The first-order valence-corrected chi connectivity index (χ1v) is 6.60. The Hall–Kier alpha value is -1.88. The summed E-state index contributed by atoms with van der Waals surface area (Å²) in [6.07, 6.45) is 0. The van der Waals surface area contributed by atoms with Crippen LogP contribution in [-0.4, -0.2) is 6.61 Å². The van der Waals surface area contributed by atoms with Crippen molar-refractivity contribution in [3.05, 3.63) is 58.9 Å². The molecule has 0 amide bonds. The molecule has 112 valence electrons. The van der Waals surface area contributed by atoms with Crippen molar-refractivity contribution in [2.24, 2.45) is 0 Å². The largest absolute Gasteiger partial charge is 0.435 e. The van der Waals surface area contributed by atoms with Crippen molar-refractivity contribution in [2.75, 3.05) is 5.32 Å². The van der Waals surface area contributed by atoms with Crippen molar-refractivity contribution in [1.82, 2.24) is 0 Å². The van der Waals surface area contributed by atoms with Crippen LogP contribution in [0, 0.1) is 5.82 Å². The molecule has 0 aliphatic rings. The van der Waals surface area contributed by atoms with Crippen LogP contribution in [0.5, 0.6) is 5.75 Å². The number of benzene rings is 2. The zero-order chi connectivity index (χ0) is 15.4. The standard InChI is InChI=1S/C15H13ClF3NO/c1-9(20-14-7-4-11(17)8-13(14)16)10-2-5-12(6-3-10)21-15(18)19/h2-9,15,20H,1H3. The maximum absolute atomic E-state index is 13.0. The predicted molar refractivity (Wildman–Crippen MR) is 76.5 cm³/mol. The molecule has 0 radical (unpaired) electrons. The summed E-state index contributed by atoms with van der Waals surface area (Å²) in [7, 11) is 0. The van der Waals surface area contributed by atoms with E-state index in [9.17, 15) is 13.2 Å². The molecule has 2 aromatic rings. The van der Waals surface area contributed by atoms with Gasteiger partial charge in [0.25, 0.3) is 0 Å². The molecule has 0 aliphatic heterocycles. The molecule has 6 heteroatoms. The zero-order valence-corrected chi connectivity index (χ0v) is 11.9. The van der Waals surface area contributed by atoms with Crippen LogP contribution in [0.4, 0.5) is 18.9 Å². The minimum Gasteiger partial charge on any atom is -0.435 e. The molecule has 21 heavy (non-hydrogen) atoms. The first kappa shape index (κ1) is 15.5. The Kier molecular flexibility index (Phi) is 4.96. The zero-order valence-electron chi connectivity index (χ0n) is 11.1. The Morgan fingerprint density at radius 1 is 1.10 bits per heavy atom. The second-order valence-corrected chi connectivity index (χ2v) is 4.84. The van der Waals surface area contributed by atoms with Gasteiger partial charge in [-0.25, -0.2) is 4.39 Å². The van der Waals surface area contributed by atoms with Crippen molar-refractivity contribution in [2.45, 2.75) is 19.6 Å². The molecule has 1 N–H and O–H groups in total. The molecule has 0 bridgehead atoms. The average molecular weight is 316 g/mol.